The van der Waals surface area contributed by atoms with Crippen LogP contribution in [0, 0.1) is 0 Å². The van der Waals surface area contributed by atoms with Gasteiger partial charge in [-0.15, -0.1) is 0 Å². The third-order valence-corrected chi connectivity index (χ3v) is 3.43. The molecule has 0 aromatic carbocycles. The van der Waals surface area contributed by atoms with Crippen molar-refractivity contribution in [2.24, 2.45) is 0 Å². The van der Waals surface area contributed by atoms with Gasteiger partial charge in [0.2, 0.25) is 0 Å². The monoisotopic (exact) mass is 278 g/mol. The number of amides is 2. The number of nitrogens with one attached hydrogen (secondary N) is 1. The van der Waals surface area contributed by atoms with Crippen LogP contribution in [0.3, 0.4) is 0 Å². The van der Waals surface area contributed by atoms with Crippen molar-refractivity contribution >= 4 is 12.0 Å². The maximum atomic E-state index is 12.2. The van der Waals surface area contributed by atoms with Crippen LogP contribution in [0.5, 0.6) is 0 Å². The van der Waals surface area contributed by atoms with Gasteiger partial charge in [0, 0.05) is 7.05 Å². The number of nitrogens with zero attached hydrogens (tertiary/aromatic N) is 1. The van der Waals surface area contributed by atoms with E-state index in [9.17, 15) is 18.4 Å². The van der Waals surface area contributed by atoms with Gasteiger partial charge in [0.05, 0.1) is 18.5 Å². The summed E-state index contributed by atoms with van der Waals surface area (Å²) in [7, 11) is 1.28. The Morgan fingerprint density at radius 2 is 1.89 bits per heavy atom. The highest BCUT2D eigenvalue weighted by molar-refractivity contribution is 5.76. The highest BCUT2D eigenvalue weighted by Crippen LogP contribution is 2.31. The molecule has 110 valence electrons. The molecule has 2 amide bonds. The fraction of sp³-hybridized carbons (Fsp3) is 0.833. The smallest absolute Gasteiger partial charge is 0.317 e. The molecule has 0 aromatic rings. The Bertz CT molecular complexity index is 331. The van der Waals surface area contributed by atoms with Crippen LogP contribution in [0.15, 0.2) is 0 Å². The van der Waals surface area contributed by atoms with Gasteiger partial charge in [-0.25, -0.2) is 13.6 Å². The highest BCUT2D eigenvalue weighted by atomic mass is 19.3. The topological polar surface area (TPSA) is 69.6 Å². The van der Waals surface area contributed by atoms with E-state index in [4.69, 9.17) is 5.11 Å². The zero-order valence-electron chi connectivity index (χ0n) is 11.0. The maximum absolute atomic E-state index is 12.2. The Labute approximate surface area is 111 Å². The van der Waals surface area contributed by atoms with E-state index in [1.807, 2.05) is 0 Å². The third kappa shape index (κ3) is 5.00. The predicted octanol–water partition coefficient (Wildman–Crippen LogP) is 2.07. The lowest BCUT2D eigenvalue weighted by Crippen LogP contribution is -2.55. The van der Waals surface area contributed by atoms with Crippen LogP contribution in [0.25, 0.3) is 0 Å². The molecule has 0 aromatic heterocycles. The molecule has 5 nitrogen and oxygen atoms in total. The van der Waals surface area contributed by atoms with Crippen molar-refractivity contribution in [3.63, 3.8) is 0 Å². The molecule has 0 atom stereocenters. The van der Waals surface area contributed by atoms with Gasteiger partial charge in [-0.1, -0.05) is 19.3 Å². The van der Waals surface area contributed by atoms with Gasteiger partial charge in [0.15, 0.2) is 0 Å². The molecule has 0 spiro atoms. The van der Waals surface area contributed by atoms with Gasteiger partial charge in [0.1, 0.15) is 0 Å². The zero-order chi connectivity index (χ0) is 14.5. The van der Waals surface area contributed by atoms with Crippen LogP contribution >= 0.6 is 0 Å². The van der Waals surface area contributed by atoms with Gasteiger partial charge in [-0.05, 0) is 12.8 Å². The first-order valence-corrected chi connectivity index (χ1v) is 6.38. The van der Waals surface area contributed by atoms with Crippen molar-refractivity contribution in [3.05, 3.63) is 0 Å². The summed E-state index contributed by atoms with van der Waals surface area (Å²) in [5, 5.41) is 11.6. The summed E-state index contributed by atoms with van der Waals surface area (Å²) < 4.78 is 24.4. The van der Waals surface area contributed by atoms with Crippen molar-refractivity contribution in [2.75, 3.05) is 13.6 Å². The van der Waals surface area contributed by atoms with E-state index in [-0.39, 0.29) is 6.42 Å². The van der Waals surface area contributed by atoms with E-state index in [0.29, 0.717) is 12.8 Å². The number of hydrogen-bond acceptors (Lipinski definition) is 2. The molecule has 0 unspecified atom stereocenters. The zero-order valence-corrected chi connectivity index (χ0v) is 11.0. The molecular formula is C12H20F2N2O3. The molecule has 0 radical (unpaired) electrons. The Morgan fingerprint density at radius 3 is 2.37 bits per heavy atom. The van der Waals surface area contributed by atoms with Crippen molar-refractivity contribution in [3.8, 4) is 0 Å². The van der Waals surface area contributed by atoms with Crippen LogP contribution in [0.4, 0.5) is 13.6 Å². The maximum Gasteiger partial charge on any atom is 0.317 e. The molecule has 2 N–H and O–H groups in total. The Kier molecular flexibility index (Phi) is 5.50. The number of halogens is 2. The number of alkyl halides is 2. The molecule has 0 aliphatic heterocycles. The molecule has 0 saturated heterocycles. The SMILES string of the molecule is CN(CC(F)F)C(=O)NC1(CC(=O)O)CCCCC1. The van der Waals surface area contributed by atoms with E-state index in [1.165, 1.54) is 7.05 Å². The number of carbonyl (C=O) groups is 2. The molecule has 1 rings (SSSR count). The molecule has 7 heteroatoms. The first-order chi connectivity index (χ1) is 8.84. The highest BCUT2D eigenvalue weighted by Gasteiger charge is 2.36. The van der Waals surface area contributed by atoms with Crippen LogP contribution < -0.4 is 5.32 Å². The van der Waals surface area contributed by atoms with Crippen molar-refractivity contribution < 1.29 is 23.5 Å². The average molecular weight is 278 g/mol. The van der Waals surface area contributed by atoms with E-state index in [1.54, 1.807) is 0 Å². The molecule has 1 aliphatic carbocycles. The van der Waals surface area contributed by atoms with Crippen molar-refractivity contribution in [2.45, 2.75) is 50.5 Å². The minimum atomic E-state index is -2.60. The van der Waals surface area contributed by atoms with E-state index in [0.717, 1.165) is 24.2 Å². The second-order valence-corrected chi connectivity index (χ2v) is 5.11. The van der Waals surface area contributed by atoms with Gasteiger partial charge in [-0.3, -0.25) is 4.79 Å². The standard InChI is InChI=1S/C12H20F2N2O3/c1-16(8-9(13)14)11(19)15-12(7-10(17)18)5-3-2-4-6-12/h9H,2-8H2,1H3,(H,15,19)(H,17,18). The Balaban J connectivity index is 2.66. The lowest BCUT2D eigenvalue weighted by molar-refractivity contribution is -0.139. The lowest BCUT2D eigenvalue weighted by Gasteiger charge is -2.38. The summed E-state index contributed by atoms with van der Waals surface area (Å²) in [6.45, 7) is -0.658. The molecule has 0 bridgehead atoms. The fourth-order valence-electron chi connectivity index (χ4n) is 2.48. The summed E-state index contributed by atoms with van der Waals surface area (Å²) in [4.78, 5) is 23.6. The van der Waals surface area contributed by atoms with Crippen molar-refractivity contribution in [1.29, 1.82) is 0 Å². The Hall–Kier alpha value is -1.40. The van der Waals surface area contributed by atoms with E-state index < -0.39 is 30.5 Å². The number of hydrogen-bond donors (Lipinski definition) is 2. The van der Waals surface area contributed by atoms with Gasteiger partial charge in [-0.2, -0.15) is 0 Å². The Morgan fingerprint density at radius 1 is 1.32 bits per heavy atom. The molecule has 1 aliphatic rings. The third-order valence-electron chi connectivity index (χ3n) is 3.43. The normalized spacial score (nSPS) is 18.1. The van der Waals surface area contributed by atoms with Crippen molar-refractivity contribution in [1.82, 2.24) is 10.2 Å². The van der Waals surface area contributed by atoms with Crippen LogP contribution in [0.2, 0.25) is 0 Å². The molecular weight excluding hydrogens is 258 g/mol. The van der Waals surface area contributed by atoms with Crippen LogP contribution in [-0.2, 0) is 4.79 Å². The van der Waals surface area contributed by atoms with Crippen LogP contribution in [-0.4, -0.2) is 47.6 Å². The number of aliphatic carboxylic acids is 1. The minimum absolute atomic E-state index is 0.165. The van der Waals surface area contributed by atoms with E-state index >= 15 is 0 Å². The second-order valence-electron chi connectivity index (χ2n) is 5.11. The van der Waals surface area contributed by atoms with Gasteiger partial charge in [0.25, 0.3) is 6.43 Å². The van der Waals surface area contributed by atoms with E-state index in [2.05, 4.69) is 5.32 Å². The molecule has 1 fully saturated rings. The minimum Gasteiger partial charge on any atom is -0.481 e. The summed E-state index contributed by atoms with van der Waals surface area (Å²) >= 11 is 0. The fourth-order valence-corrected chi connectivity index (χ4v) is 2.48. The number of rotatable bonds is 5. The lowest BCUT2D eigenvalue weighted by atomic mass is 9.79. The first kappa shape index (κ1) is 15.7. The summed E-state index contributed by atoms with van der Waals surface area (Å²) in [6, 6.07) is -0.636. The predicted molar refractivity (Wildman–Crippen MR) is 65.2 cm³/mol. The summed E-state index contributed by atoms with van der Waals surface area (Å²) in [6.07, 6.45) is 1.07. The summed E-state index contributed by atoms with van der Waals surface area (Å²) in [5.41, 5.74) is -0.794. The molecule has 0 heterocycles. The van der Waals surface area contributed by atoms with Gasteiger partial charge >= 0.3 is 12.0 Å². The molecule has 1 saturated carbocycles. The number of carboxylic acid groups (broad SMARTS) is 1. The largest absolute Gasteiger partial charge is 0.481 e. The summed E-state index contributed by atoms with van der Waals surface area (Å²) in [5.74, 6) is -0.987. The quantitative estimate of drug-likeness (QED) is 0.808. The molecule has 19 heavy (non-hydrogen) atoms. The van der Waals surface area contributed by atoms with Gasteiger partial charge < -0.3 is 15.3 Å². The average Bonchev–Trinajstić information content (AvgIpc) is 2.27. The van der Waals surface area contributed by atoms with Crippen LogP contribution in [0.1, 0.15) is 38.5 Å². The number of carbonyl (C=O) groups excluding carboxylic acids is 1. The number of carboxylic acids is 1. The number of urea groups is 1. The second kappa shape index (κ2) is 6.68. The first-order valence-electron chi connectivity index (χ1n) is 6.38.